The van der Waals surface area contributed by atoms with Crippen molar-refractivity contribution in [1.82, 2.24) is 9.80 Å². The molecule has 0 saturated carbocycles. The lowest BCUT2D eigenvalue weighted by molar-refractivity contribution is 0.0625. The summed E-state index contributed by atoms with van der Waals surface area (Å²) in [5, 5.41) is 10.2. The molecule has 2 heterocycles. The third kappa shape index (κ3) is 3.50. The van der Waals surface area contributed by atoms with Gasteiger partial charge in [0.05, 0.1) is 12.7 Å². The fourth-order valence-electron chi connectivity index (χ4n) is 3.44. The van der Waals surface area contributed by atoms with Gasteiger partial charge in [0.15, 0.2) is 23.0 Å². The van der Waals surface area contributed by atoms with Crippen LogP contribution in [0.15, 0.2) is 36.4 Å². The lowest BCUT2D eigenvalue weighted by Crippen LogP contribution is -2.48. The van der Waals surface area contributed by atoms with Crippen LogP contribution in [0.4, 0.5) is 0 Å². The van der Waals surface area contributed by atoms with Crippen molar-refractivity contribution in [2.24, 2.45) is 0 Å². The maximum atomic E-state index is 12.7. The van der Waals surface area contributed by atoms with Crippen molar-refractivity contribution in [3.8, 4) is 23.0 Å². The van der Waals surface area contributed by atoms with E-state index in [2.05, 4.69) is 4.90 Å². The number of phenols is 1. The molecule has 4 rings (SSSR count). The molecule has 1 saturated heterocycles. The maximum Gasteiger partial charge on any atom is 0.257 e. The van der Waals surface area contributed by atoms with E-state index in [0.717, 1.165) is 36.7 Å². The monoisotopic (exact) mass is 370 g/mol. The first-order chi connectivity index (χ1) is 13.2. The summed E-state index contributed by atoms with van der Waals surface area (Å²) in [6, 6.07) is 11.0. The molecular formula is C20H22N2O5. The molecule has 2 aromatic rings. The molecule has 0 aliphatic carbocycles. The number of benzene rings is 2. The van der Waals surface area contributed by atoms with Gasteiger partial charge in [0.2, 0.25) is 6.79 Å². The van der Waals surface area contributed by atoms with Gasteiger partial charge >= 0.3 is 0 Å². The number of aromatic hydroxyl groups is 1. The molecule has 142 valence electrons. The number of carbonyl (C=O) groups is 1. The molecule has 2 aromatic carbocycles. The molecule has 0 unspecified atom stereocenters. The van der Waals surface area contributed by atoms with E-state index in [4.69, 9.17) is 14.2 Å². The van der Waals surface area contributed by atoms with Crippen LogP contribution in [0, 0.1) is 0 Å². The number of fused-ring (bicyclic) bond motifs is 1. The van der Waals surface area contributed by atoms with E-state index >= 15 is 0 Å². The largest absolute Gasteiger partial charge is 0.504 e. The highest BCUT2D eigenvalue weighted by molar-refractivity contribution is 5.97. The first kappa shape index (κ1) is 17.5. The van der Waals surface area contributed by atoms with Crippen molar-refractivity contribution in [2.45, 2.75) is 6.54 Å². The first-order valence-corrected chi connectivity index (χ1v) is 8.92. The molecule has 1 fully saturated rings. The van der Waals surface area contributed by atoms with E-state index in [1.54, 1.807) is 23.1 Å². The van der Waals surface area contributed by atoms with Gasteiger partial charge in [0.25, 0.3) is 5.91 Å². The van der Waals surface area contributed by atoms with E-state index < -0.39 is 0 Å². The molecule has 0 atom stereocenters. The zero-order chi connectivity index (χ0) is 18.8. The van der Waals surface area contributed by atoms with Gasteiger partial charge in [-0.15, -0.1) is 0 Å². The van der Waals surface area contributed by atoms with Crippen LogP contribution in [0.2, 0.25) is 0 Å². The number of nitrogens with zero attached hydrogens (tertiary/aromatic N) is 2. The summed E-state index contributed by atoms with van der Waals surface area (Å²) in [5.74, 6) is 1.60. The van der Waals surface area contributed by atoms with Crippen LogP contribution >= 0.6 is 0 Å². The van der Waals surface area contributed by atoms with Gasteiger partial charge in [-0.3, -0.25) is 9.69 Å². The van der Waals surface area contributed by atoms with Crippen molar-refractivity contribution >= 4 is 5.91 Å². The van der Waals surface area contributed by atoms with Crippen LogP contribution in [0.3, 0.4) is 0 Å². The molecule has 7 nitrogen and oxygen atoms in total. The second kappa shape index (κ2) is 7.36. The third-order valence-corrected chi connectivity index (χ3v) is 4.95. The lowest BCUT2D eigenvalue weighted by atomic mass is 10.1. The number of carbonyl (C=O) groups excluding carboxylic acids is 1. The van der Waals surface area contributed by atoms with Crippen LogP contribution < -0.4 is 14.2 Å². The minimum Gasteiger partial charge on any atom is -0.504 e. The van der Waals surface area contributed by atoms with Crippen LogP contribution in [-0.2, 0) is 6.54 Å². The van der Waals surface area contributed by atoms with Gasteiger partial charge in [-0.2, -0.15) is 0 Å². The number of phenolic OH excluding ortho intramolecular Hbond substituents is 1. The quantitative estimate of drug-likeness (QED) is 0.889. The smallest absolute Gasteiger partial charge is 0.257 e. The number of amides is 1. The first-order valence-electron chi connectivity index (χ1n) is 8.92. The van der Waals surface area contributed by atoms with E-state index in [9.17, 15) is 9.90 Å². The van der Waals surface area contributed by atoms with Gasteiger partial charge < -0.3 is 24.2 Å². The Kier molecular flexibility index (Phi) is 4.77. The van der Waals surface area contributed by atoms with E-state index in [-0.39, 0.29) is 24.0 Å². The summed E-state index contributed by atoms with van der Waals surface area (Å²) in [5.41, 5.74) is 1.43. The lowest BCUT2D eigenvalue weighted by Gasteiger charge is -2.35. The number of methoxy groups -OCH3 is 1. The van der Waals surface area contributed by atoms with E-state index in [1.165, 1.54) is 7.11 Å². The van der Waals surface area contributed by atoms with Crippen molar-refractivity contribution in [3.63, 3.8) is 0 Å². The number of hydrogen-bond donors (Lipinski definition) is 1. The molecule has 1 N–H and O–H groups in total. The molecule has 0 bridgehead atoms. The summed E-state index contributed by atoms with van der Waals surface area (Å²) in [4.78, 5) is 16.8. The SMILES string of the molecule is COc1cccc(C(=O)N2CCN(Cc3ccc4c(c3)OCO4)CC2)c1O. The predicted octanol–water partition coefficient (Wildman–Crippen LogP) is 2.09. The Morgan fingerprint density at radius 1 is 1.11 bits per heavy atom. The fraction of sp³-hybridized carbons (Fsp3) is 0.350. The van der Waals surface area contributed by atoms with Crippen LogP contribution in [0.5, 0.6) is 23.0 Å². The Morgan fingerprint density at radius 3 is 2.67 bits per heavy atom. The fourth-order valence-corrected chi connectivity index (χ4v) is 3.44. The number of rotatable bonds is 4. The maximum absolute atomic E-state index is 12.7. The minimum atomic E-state index is -0.172. The standard InChI is InChI=1S/C20H22N2O5/c1-25-17-4-2-3-15(19(17)23)20(24)22-9-7-21(8-10-22)12-14-5-6-16-18(11-14)27-13-26-16/h2-6,11,23H,7-10,12-13H2,1H3. The molecule has 7 heteroatoms. The Morgan fingerprint density at radius 2 is 1.89 bits per heavy atom. The minimum absolute atomic E-state index is 0.104. The summed E-state index contributed by atoms with van der Waals surface area (Å²) in [6.45, 7) is 3.83. The average Bonchev–Trinajstić information content (AvgIpc) is 3.16. The highest BCUT2D eigenvalue weighted by Crippen LogP contribution is 2.33. The van der Waals surface area contributed by atoms with Gasteiger partial charge in [0.1, 0.15) is 0 Å². The van der Waals surface area contributed by atoms with Crippen LogP contribution in [0.1, 0.15) is 15.9 Å². The predicted molar refractivity (Wildman–Crippen MR) is 98.4 cm³/mol. The zero-order valence-electron chi connectivity index (χ0n) is 15.2. The van der Waals surface area contributed by atoms with Gasteiger partial charge in [0, 0.05) is 32.7 Å². The average molecular weight is 370 g/mol. The zero-order valence-corrected chi connectivity index (χ0v) is 15.2. The summed E-state index contributed by atoms with van der Waals surface area (Å²) >= 11 is 0. The normalized spacial score (nSPS) is 16.4. The van der Waals surface area contributed by atoms with Gasteiger partial charge in [-0.05, 0) is 29.8 Å². The van der Waals surface area contributed by atoms with Crippen LogP contribution in [-0.4, -0.2) is 60.9 Å². The highest BCUT2D eigenvalue weighted by atomic mass is 16.7. The molecule has 27 heavy (non-hydrogen) atoms. The molecule has 2 aliphatic heterocycles. The van der Waals surface area contributed by atoms with Crippen molar-refractivity contribution in [1.29, 1.82) is 0 Å². The number of hydrogen-bond acceptors (Lipinski definition) is 6. The van der Waals surface area contributed by atoms with Crippen molar-refractivity contribution in [3.05, 3.63) is 47.5 Å². The summed E-state index contributed by atoms with van der Waals surface area (Å²) in [7, 11) is 1.47. The molecule has 0 aromatic heterocycles. The molecule has 1 amide bonds. The summed E-state index contributed by atoms with van der Waals surface area (Å²) in [6.07, 6.45) is 0. The third-order valence-electron chi connectivity index (χ3n) is 4.95. The van der Waals surface area contributed by atoms with Crippen molar-refractivity contribution < 1.29 is 24.1 Å². The summed E-state index contributed by atoms with van der Waals surface area (Å²) < 4.78 is 15.9. The topological polar surface area (TPSA) is 71.5 Å². The number of ether oxygens (including phenoxy) is 3. The molecule has 0 radical (unpaired) electrons. The number of para-hydroxylation sites is 1. The molecule has 2 aliphatic rings. The molecular weight excluding hydrogens is 348 g/mol. The Balaban J connectivity index is 1.37. The van der Waals surface area contributed by atoms with Gasteiger partial charge in [-0.1, -0.05) is 12.1 Å². The van der Waals surface area contributed by atoms with E-state index in [0.29, 0.717) is 18.8 Å². The van der Waals surface area contributed by atoms with Gasteiger partial charge in [-0.25, -0.2) is 0 Å². The van der Waals surface area contributed by atoms with Crippen LogP contribution in [0.25, 0.3) is 0 Å². The second-order valence-corrected chi connectivity index (χ2v) is 6.61. The Labute approximate surface area is 157 Å². The van der Waals surface area contributed by atoms with E-state index in [1.807, 2.05) is 18.2 Å². The Hall–Kier alpha value is -2.93. The highest BCUT2D eigenvalue weighted by Gasteiger charge is 2.25. The van der Waals surface area contributed by atoms with Crippen molar-refractivity contribution in [2.75, 3.05) is 40.1 Å². The Bertz CT molecular complexity index is 846. The molecule has 0 spiro atoms. The number of piperazine rings is 1. The second-order valence-electron chi connectivity index (χ2n) is 6.61.